The minimum absolute atomic E-state index is 0.554. The second-order valence-electron chi connectivity index (χ2n) is 2.92. The zero-order valence-corrected chi connectivity index (χ0v) is 7.59. The third-order valence-corrected chi connectivity index (χ3v) is 1.91. The van der Waals surface area contributed by atoms with Gasteiger partial charge in [-0.3, -0.25) is 9.97 Å². The molecule has 0 unspecified atom stereocenters. The number of nitrogens with zero attached hydrogens (tertiary/aromatic N) is 3. The van der Waals surface area contributed by atoms with Crippen LogP contribution in [0, 0.1) is 0 Å². The Labute approximate surface area is 81.9 Å². The molecule has 2 heterocycles. The Hall–Kier alpha value is -1.97. The Kier molecular flexibility index (Phi) is 2.36. The summed E-state index contributed by atoms with van der Waals surface area (Å²) >= 11 is 0. The maximum atomic E-state index is 5.71. The van der Waals surface area contributed by atoms with Gasteiger partial charge in [0.25, 0.3) is 0 Å². The van der Waals surface area contributed by atoms with Gasteiger partial charge in [0.05, 0.1) is 5.69 Å². The molecule has 0 aliphatic rings. The number of hydrogen-bond donors (Lipinski definition) is 1. The summed E-state index contributed by atoms with van der Waals surface area (Å²) in [5.74, 6) is 0.554. The minimum Gasteiger partial charge on any atom is -0.383 e. The second-order valence-corrected chi connectivity index (χ2v) is 2.92. The maximum absolute atomic E-state index is 5.71. The van der Waals surface area contributed by atoms with Crippen LogP contribution >= 0.6 is 0 Å². The Morgan fingerprint density at radius 2 is 2.07 bits per heavy atom. The molecule has 2 aromatic heterocycles. The first-order chi connectivity index (χ1) is 6.86. The van der Waals surface area contributed by atoms with Crippen LogP contribution in [0.2, 0.25) is 0 Å². The highest BCUT2D eigenvalue weighted by Gasteiger charge is 2.01. The molecule has 2 rings (SSSR count). The largest absolute Gasteiger partial charge is 0.383 e. The van der Waals surface area contributed by atoms with Gasteiger partial charge in [-0.15, -0.1) is 0 Å². The summed E-state index contributed by atoms with van der Waals surface area (Å²) in [6, 6.07) is 3.80. The Bertz CT molecular complexity index is 413. The van der Waals surface area contributed by atoms with Crippen LogP contribution in [-0.4, -0.2) is 15.0 Å². The summed E-state index contributed by atoms with van der Waals surface area (Å²) in [5.41, 5.74) is 7.58. The molecule has 0 aromatic carbocycles. The number of rotatable bonds is 2. The molecule has 0 fully saturated rings. The first-order valence-electron chi connectivity index (χ1n) is 4.30. The zero-order chi connectivity index (χ0) is 9.80. The van der Waals surface area contributed by atoms with E-state index >= 15 is 0 Å². The third-order valence-electron chi connectivity index (χ3n) is 1.91. The van der Waals surface area contributed by atoms with Crippen molar-refractivity contribution in [1.82, 2.24) is 15.0 Å². The first-order valence-corrected chi connectivity index (χ1v) is 4.30. The van der Waals surface area contributed by atoms with Crippen molar-refractivity contribution in [3.05, 3.63) is 48.2 Å². The van der Waals surface area contributed by atoms with E-state index in [1.54, 1.807) is 24.8 Å². The molecule has 2 N–H and O–H groups in total. The van der Waals surface area contributed by atoms with E-state index in [1.807, 2.05) is 12.1 Å². The Balaban J connectivity index is 2.24. The molecule has 0 amide bonds. The van der Waals surface area contributed by atoms with Crippen molar-refractivity contribution >= 4 is 5.82 Å². The van der Waals surface area contributed by atoms with Crippen molar-refractivity contribution in [2.75, 3.05) is 5.73 Å². The standard InChI is InChI=1S/C10H10N4/c11-10-8(2-1-3-14-10)6-9-7-12-4-5-13-9/h1-5,7H,6H2,(H2,11,14). The van der Waals surface area contributed by atoms with Gasteiger partial charge in [0, 0.05) is 36.8 Å². The number of hydrogen-bond acceptors (Lipinski definition) is 4. The molecule has 14 heavy (non-hydrogen) atoms. The predicted octanol–water partition coefficient (Wildman–Crippen LogP) is 1.04. The van der Waals surface area contributed by atoms with E-state index in [0.29, 0.717) is 12.2 Å². The van der Waals surface area contributed by atoms with Crippen LogP contribution in [0.3, 0.4) is 0 Å². The molecule has 0 aliphatic carbocycles. The van der Waals surface area contributed by atoms with E-state index in [2.05, 4.69) is 15.0 Å². The van der Waals surface area contributed by atoms with Gasteiger partial charge in [0.15, 0.2) is 0 Å². The SMILES string of the molecule is Nc1ncccc1Cc1cnccn1. The van der Waals surface area contributed by atoms with E-state index in [-0.39, 0.29) is 0 Å². The fraction of sp³-hybridized carbons (Fsp3) is 0.100. The summed E-state index contributed by atoms with van der Waals surface area (Å²) < 4.78 is 0. The van der Waals surface area contributed by atoms with Gasteiger partial charge < -0.3 is 5.73 Å². The molecule has 0 saturated carbocycles. The molecule has 70 valence electrons. The number of nitrogen functional groups attached to an aromatic ring is 1. The summed E-state index contributed by atoms with van der Waals surface area (Å²) in [7, 11) is 0. The molecule has 4 nitrogen and oxygen atoms in total. The molecule has 0 bridgehead atoms. The van der Waals surface area contributed by atoms with Crippen molar-refractivity contribution in [1.29, 1.82) is 0 Å². The van der Waals surface area contributed by atoms with Crippen LogP contribution in [0.15, 0.2) is 36.9 Å². The van der Waals surface area contributed by atoms with Crippen molar-refractivity contribution in [3.8, 4) is 0 Å². The van der Waals surface area contributed by atoms with Gasteiger partial charge in [0.1, 0.15) is 5.82 Å². The zero-order valence-electron chi connectivity index (χ0n) is 7.59. The van der Waals surface area contributed by atoms with Crippen molar-refractivity contribution < 1.29 is 0 Å². The molecular formula is C10H10N4. The first kappa shape index (κ1) is 8.62. The number of aromatic nitrogens is 3. The lowest BCUT2D eigenvalue weighted by Gasteiger charge is -2.02. The number of nitrogens with two attached hydrogens (primary N) is 1. The van der Waals surface area contributed by atoms with Crippen LogP contribution < -0.4 is 5.73 Å². The summed E-state index contributed by atoms with van der Waals surface area (Å²) in [5, 5.41) is 0. The topological polar surface area (TPSA) is 64.7 Å². The molecule has 0 atom stereocenters. The molecule has 0 spiro atoms. The maximum Gasteiger partial charge on any atom is 0.126 e. The lowest BCUT2D eigenvalue weighted by atomic mass is 10.1. The van der Waals surface area contributed by atoms with Crippen molar-refractivity contribution in [2.45, 2.75) is 6.42 Å². The number of anilines is 1. The smallest absolute Gasteiger partial charge is 0.126 e. The normalized spacial score (nSPS) is 10.0. The van der Waals surface area contributed by atoms with E-state index in [9.17, 15) is 0 Å². The molecule has 0 saturated heterocycles. The van der Waals surface area contributed by atoms with Crippen LogP contribution in [0.25, 0.3) is 0 Å². The van der Waals surface area contributed by atoms with Gasteiger partial charge in [-0.2, -0.15) is 0 Å². The average molecular weight is 186 g/mol. The Morgan fingerprint density at radius 1 is 1.14 bits per heavy atom. The van der Waals surface area contributed by atoms with Gasteiger partial charge in [0.2, 0.25) is 0 Å². The highest BCUT2D eigenvalue weighted by Crippen LogP contribution is 2.10. The second kappa shape index (κ2) is 3.83. The van der Waals surface area contributed by atoms with E-state index in [1.165, 1.54) is 0 Å². The highest BCUT2D eigenvalue weighted by atomic mass is 14.8. The van der Waals surface area contributed by atoms with E-state index < -0.39 is 0 Å². The number of pyridine rings is 1. The predicted molar refractivity (Wildman–Crippen MR) is 53.5 cm³/mol. The molecule has 4 heteroatoms. The molecular weight excluding hydrogens is 176 g/mol. The van der Waals surface area contributed by atoms with E-state index in [4.69, 9.17) is 5.73 Å². The Morgan fingerprint density at radius 3 is 2.79 bits per heavy atom. The summed E-state index contributed by atoms with van der Waals surface area (Å²) in [6.45, 7) is 0. The monoisotopic (exact) mass is 186 g/mol. The third kappa shape index (κ3) is 1.85. The summed E-state index contributed by atoms with van der Waals surface area (Å²) in [4.78, 5) is 12.2. The van der Waals surface area contributed by atoms with Gasteiger partial charge in [-0.1, -0.05) is 6.07 Å². The van der Waals surface area contributed by atoms with Crippen LogP contribution in [0.5, 0.6) is 0 Å². The van der Waals surface area contributed by atoms with Gasteiger partial charge in [-0.05, 0) is 6.07 Å². The summed E-state index contributed by atoms with van der Waals surface area (Å²) in [6.07, 6.45) is 7.40. The van der Waals surface area contributed by atoms with Crippen molar-refractivity contribution in [2.24, 2.45) is 0 Å². The molecule has 0 radical (unpaired) electrons. The lowest BCUT2D eigenvalue weighted by molar-refractivity contribution is 1.02. The van der Waals surface area contributed by atoms with E-state index in [0.717, 1.165) is 11.3 Å². The quantitative estimate of drug-likeness (QED) is 0.761. The van der Waals surface area contributed by atoms with Crippen molar-refractivity contribution in [3.63, 3.8) is 0 Å². The van der Waals surface area contributed by atoms with Crippen LogP contribution in [0.1, 0.15) is 11.3 Å². The van der Waals surface area contributed by atoms with Gasteiger partial charge >= 0.3 is 0 Å². The molecule has 2 aromatic rings. The average Bonchev–Trinajstić information content (AvgIpc) is 2.23. The molecule has 0 aliphatic heterocycles. The highest BCUT2D eigenvalue weighted by molar-refractivity contribution is 5.40. The fourth-order valence-electron chi connectivity index (χ4n) is 1.22. The van der Waals surface area contributed by atoms with Crippen LogP contribution in [0.4, 0.5) is 5.82 Å². The van der Waals surface area contributed by atoms with Gasteiger partial charge in [-0.25, -0.2) is 4.98 Å². The minimum atomic E-state index is 0.554. The fourth-order valence-corrected chi connectivity index (χ4v) is 1.22. The lowest BCUT2D eigenvalue weighted by Crippen LogP contribution is -1.99. The van der Waals surface area contributed by atoms with Crippen LogP contribution in [-0.2, 0) is 6.42 Å².